The molecule has 0 atom stereocenters. The molecule has 0 bridgehead atoms. The highest BCUT2D eigenvalue weighted by Crippen LogP contribution is 2.41. The van der Waals surface area contributed by atoms with Crippen LogP contribution in [0.1, 0.15) is 10.4 Å². The lowest BCUT2D eigenvalue weighted by Crippen LogP contribution is -2.12. The first-order chi connectivity index (χ1) is 14.5. The first kappa shape index (κ1) is 18.9. The van der Waals surface area contributed by atoms with Crippen LogP contribution in [0.2, 0.25) is 0 Å². The summed E-state index contributed by atoms with van der Waals surface area (Å²) >= 11 is 1.81. The number of primary sulfonamides is 1. The number of fused-ring (bicyclic) bond motifs is 3. The summed E-state index contributed by atoms with van der Waals surface area (Å²) in [6.07, 6.45) is 3.72. The molecule has 0 saturated carbocycles. The lowest BCUT2D eigenvalue weighted by Gasteiger charge is -2.16. The average Bonchev–Trinajstić information content (AvgIpc) is 3.19. The average molecular weight is 435 g/mol. The van der Waals surface area contributed by atoms with Gasteiger partial charge in [0.2, 0.25) is 16.0 Å². The molecule has 4 aromatic rings. The third kappa shape index (κ3) is 3.60. The number of benzene rings is 2. The second kappa shape index (κ2) is 7.32. The summed E-state index contributed by atoms with van der Waals surface area (Å²) in [5, 5.41) is 8.32. The molecule has 3 N–H and O–H groups in total. The van der Waals surface area contributed by atoms with E-state index in [2.05, 4.69) is 28.5 Å². The van der Waals surface area contributed by atoms with Gasteiger partial charge in [0, 0.05) is 27.2 Å². The monoisotopic (exact) mass is 434 g/mol. The SMILES string of the molecule is NS(=O)(=O)c1cccc(Nc2ncc3c(n2)-c2cc(-c4ccccc4)sc2CC3)c1. The molecule has 6 nitrogen and oxygen atoms in total. The predicted molar refractivity (Wildman–Crippen MR) is 119 cm³/mol. The maximum absolute atomic E-state index is 11.6. The van der Waals surface area contributed by atoms with Crippen LogP contribution in [0.25, 0.3) is 21.7 Å². The van der Waals surface area contributed by atoms with E-state index in [1.54, 1.807) is 23.5 Å². The van der Waals surface area contributed by atoms with E-state index in [9.17, 15) is 8.42 Å². The lowest BCUT2D eigenvalue weighted by molar-refractivity contribution is 0.598. The minimum absolute atomic E-state index is 0.0399. The van der Waals surface area contributed by atoms with Crippen molar-refractivity contribution in [3.8, 4) is 21.7 Å². The maximum atomic E-state index is 11.6. The number of aryl methyl sites for hydroxylation is 2. The van der Waals surface area contributed by atoms with Crippen LogP contribution in [-0.2, 0) is 22.9 Å². The van der Waals surface area contributed by atoms with Gasteiger partial charge in [0.25, 0.3) is 0 Å². The lowest BCUT2D eigenvalue weighted by atomic mass is 9.96. The quantitative estimate of drug-likeness (QED) is 0.497. The molecular formula is C22H18N4O2S2. The van der Waals surface area contributed by atoms with Crippen LogP contribution in [-0.4, -0.2) is 18.4 Å². The number of thiophene rings is 1. The van der Waals surface area contributed by atoms with Gasteiger partial charge in [-0.05, 0) is 48.2 Å². The number of sulfonamides is 1. The van der Waals surface area contributed by atoms with E-state index in [0.717, 1.165) is 29.7 Å². The summed E-state index contributed by atoms with van der Waals surface area (Å²) in [4.78, 5) is 11.8. The molecule has 30 heavy (non-hydrogen) atoms. The zero-order valence-corrected chi connectivity index (χ0v) is 17.5. The van der Waals surface area contributed by atoms with E-state index in [4.69, 9.17) is 10.1 Å². The van der Waals surface area contributed by atoms with Crippen LogP contribution in [0.4, 0.5) is 11.6 Å². The largest absolute Gasteiger partial charge is 0.324 e. The van der Waals surface area contributed by atoms with Crippen LogP contribution in [0.3, 0.4) is 0 Å². The van der Waals surface area contributed by atoms with Gasteiger partial charge in [-0.25, -0.2) is 23.5 Å². The third-order valence-electron chi connectivity index (χ3n) is 5.03. The summed E-state index contributed by atoms with van der Waals surface area (Å²) in [7, 11) is -3.78. The number of rotatable bonds is 4. The van der Waals surface area contributed by atoms with Gasteiger partial charge in [0.15, 0.2) is 0 Å². The summed E-state index contributed by atoms with van der Waals surface area (Å²) in [5.74, 6) is 0.417. The summed E-state index contributed by atoms with van der Waals surface area (Å²) < 4.78 is 23.2. The van der Waals surface area contributed by atoms with Crippen LogP contribution >= 0.6 is 11.3 Å². The van der Waals surface area contributed by atoms with Gasteiger partial charge >= 0.3 is 0 Å². The van der Waals surface area contributed by atoms with E-state index < -0.39 is 10.0 Å². The van der Waals surface area contributed by atoms with E-state index in [-0.39, 0.29) is 4.90 Å². The molecule has 0 amide bonds. The van der Waals surface area contributed by atoms with Crippen molar-refractivity contribution in [1.82, 2.24) is 9.97 Å². The Bertz CT molecular complexity index is 1350. The van der Waals surface area contributed by atoms with Crippen LogP contribution < -0.4 is 10.5 Å². The minimum Gasteiger partial charge on any atom is -0.324 e. The van der Waals surface area contributed by atoms with Gasteiger partial charge in [-0.1, -0.05) is 36.4 Å². The van der Waals surface area contributed by atoms with E-state index in [1.165, 1.54) is 27.5 Å². The van der Waals surface area contributed by atoms with Crippen LogP contribution in [0.15, 0.2) is 71.8 Å². The van der Waals surface area contributed by atoms with Gasteiger partial charge in [0.05, 0.1) is 10.6 Å². The van der Waals surface area contributed by atoms with E-state index >= 15 is 0 Å². The number of nitrogens with two attached hydrogens (primary N) is 1. The molecular weight excluding hydrogens is 416 g/mol. The van der Waals surface area contributed by atoms with Gasteiger partial charge in [0.1, 0.15) is 0 Å². The fraction of sp³-hybridized carbons (Fsp3) is 0.0909. The molecule has 2 heterocycles. The van der Waals surface area contributed by atoms with Gasteiger partial charge in [-0.2, -0.15) is 0 Å². The molecule has 5 rings (SSSR count). The minimum atomic E-state index is -3.78. The Morgan fingerprint density at radius 2 is 1.83 bits per heavy atom. The van der Waals surface area contributed by atoms with Crippen LogP contribution in [0.5, 0.6) is 0 Å². The van der Waals surface area contributed by atoms with E-state index in [1.807, 2.05) is 24.4 Å². The van der Waals surface area contributed by atoms with Gasteiger partial charge < -0.3 is 5.32 Å². The highest BCUT2D eigenvalue weighted by molar-refractivity contribution is 7.89. The molecule has 0 unspecified atom stereocenters. The molecule has 0 radical (unpaired) electrons. The molecule has 0 spiro atoms. The standard InChI is InChI=1S/C22H18N4O2S2/c23-30(27,28)17-8-4-7-16(11-17)25-22-24-13-15-9-10-19-18(21(15)26-22)12-20(29-19)14-5-2-1-3-6-14/h1-8,11-13H,9-10H2,(H2,23,27,28)(H,24,25,26). The summed E-state index contributed by atoms with van der Waals surface area (Å²) in [5.41, 5.74) is 4.95. The highest BCUT2D eigenvalue weighted by Gasteiger charge is 2.22. The molecule has 0 aliphatic heterocycles. The fourth-order valence-electron chi connectivity index (χ4n) is 3.57. The van der Waals surface area contributed by atoms with Crippen molar-refractivity contribution in [2.45, 2.75) is 17.7 Å². The van der Waals surface area contributed by atoms with Crippen molar-refractivity contribution < 1.29 is 8.42 Å². The number of nitrogens with zero attached hydrogens (tertiary/aromatic N) is 2. The summed E-state index contributed by atoms with van der Waals surface area (Å²) in [6, 6.07) is 18.8. The number of anilines is 2. The first-order valence-electron chi connectivity index (χ1n) is 9.42. The van der Waals surface area contributed by atoms with Crippen molar-refractivity contribution in [2.75, 3.05) is 5.32 Å². The Kier molecular flexibility index (Phi) is 4.62. The third-order valence-corrected chi connectivity index (χ3v) is 7.18. The predicted octanol–water partition coefficient (Wildman–Crippen LogP) is 4.36. The zero-order chi connectivity index (χ0) is 20.7. The zero-order valence-electron chi connectivity index (χ0n) is 15.9. The van der Waals surface area contributed by atoms with Crippen molar-refractivity contribution >= 4 is 33.0 Å². The Hall–Kier alpha value is -3.07. The molecule has 8 heteroatoms. The Labute approximate surface area is 178 Å². The molecule has 150 valence electrons. The molecule has 1 aliphatic rings. The Morgan fingerprint density at radius 3 is 2.63 bits per heavy atom. The van der Waals surface area contributed by atoms with Crippen molar-refractivity contribution in [2.24, 2.45) is 5.14 Å². The Balaban J connectivity index is 1.50. The number of hydrogen-bond donors (Lipinski definition) is 2. The molecule has 2 aromatic heterocycles. The van der Waals surface area contributed by atoms with Crippen molar-refractivity contribution in [3.05, 3.63) is 77.3 Å². The van der Waals surface area contributed by atoms with Crippen molar-refractivity contribution in [1.29, 1.82) is 0 Å². The number of aromatic nitrogens is 2. The summed E-state index contributed by atoms with van der Waals surface area (Å²) in [6.45, 7) is 0. The second-order valence-electron chi connectivity index (χ2n) is 7.08. The molecule has 0 fully saturated rings. The van der Waals surface area contributed by atoms with Crippen molar-refractivity contribution in [3.63, 3.8) is 0 Å². The van der Waals surface area contributed by atoms with Gasteiger partial charge in [-0.3, -0.25) is 0 Å². The number of nitrogens with one attached hydrogen (secondary N) is 1. The second-order valence-corrected chi connectivity index (χ2v) is 9.78. The molecule has 2 aromatic carbocycles. The normalized spacial score (nSPS) is 12.8. The van der Waals surface area contributed by atoms with E-state index in [0.29, 0.717) is 11.6 Å². The first-order valence-corrected chi connectivity index (χ1v) is 11.8. The highest BCUT2D eigenvalue weighted by atomic mass is 32.2. The Morgan fingerprint density at radius 1 is 1.00 bits per heavy atom. The molecule has 0 saturated heterocycles. The fourth-order valence-corrected chi connectivity index (χ4v) is 5.30. The topological polar surface area (TPSA) is 98.0 Å². The molecule has 1 aliphatic carbocycles. The maximum Gasteiger partial charge on any atom is 0.238 e. The van der Waals surface area contributed by atoms with Gasteiger partial charge in [-0.15, -0.1) is 11.3 Å². The van der Waals surface area contributed by atoms with Crippen LogP contribution in [0, 0.1) is 0 Å². The smallest absolute Gasteiger partial charge is 0.238 e. The number of hydrogen-bond acceptors (Lipinski definition) is 6.